The molecule has 1 aromatic rings. The van der Waals surface area contributed by atoms with Gasteiger partial charge in [-0.2, -0.15) is 0 Å². The number of hydrogen-bond acceptors (Lipinski definition) is 5. The number of aliphatic hydroxyl groups is 1. The zero-order valence-electron chi connectivity index (χ0n) is 12.1. The first kappa shape index (κ1) is 16.2. The van der Waals surface area contributed by atoms with Gasteiger partial charge in [0.05, 0.1) is 17.2 Å². The van der Waals surface area contributed by atoms with Gasteiger partial charge >= 0.3 is 0 Å². The van der Waals surface area contributed by atoms with Crippen LogP contribution in [0.15, 0.2) is 23.1 Å². The molecule has 1 aromatic heterocycles. The van der Waals surface area contributed by atoms with Crippen LogP contribution in [-0.4, -0.2) is 33.2 Å². The Morgan fingerprint density at radius 1 is 1.41 bits per heavy atom. The van der Waals surface area contributed by atoms with Crippen molar-refractivity contribution < 1.29 is 14.8 Å². The lowest BCUT2D eigenvalue weighted by atomic mass is 9.86. The minimum atomic E-state index is -0.619. The molecule has 1 aliphatic carbocycles. The number of nitro groups is 1. The molecule has 0 aliphatic heterocycles. The number of nitrogens with zero attached hydrogens (tertiary/aromatic N) is 2. The number of carbonyl (C=O) groups excluding carboxylic acids is 1. The standard InChI is InChI=1S/C14H19N3O5/c18-12-4-2-1-3-10(12)7-15-13(19)9-16-8-11(17(21)22)5-6-14(16)20/h5-6,8,10,12,18H,1-4,7,9H2,(H,15,19)/t10-,12-/m1/s1. The van der Waals surface area contributed by atoms with Gasteiger partial charge in [0.25, 0.3) is 11.2 Å². The van der Waals surface area contributed by atoms with Crippen LogP contribution in [0.2, 0.25) is 0 Å². The Bertz CT molecular complexity index is 613. The zero-order valence-corrected chi connectivity index (χ0v) is 12.1. The molecule has 2 N–H and O–H groups in total. The van der Waals surface area contributed by atoms with Crippen LogP contribution >= 0.6 is 0 Å². The molecule has 0 unspecified atom stereocenters. The maximum Gasteiger partial charge on any atom is 0.285 e. The fourth-order valence-corrected chi connectivity index (χ4v) is 2.63. The quantitative estimate of drug-likeness (QED) is 0.604. The minimum Gasteiger partial charge on any atom is -0.393 e. The van der Waals surface area contributed by atoms with Gasteiger partial charge < -0.3 is 10.4 Å². The number of carbonyl (C=O) groups is 1. The molecule has 0 radical (unpaired) electrons. The molecule has 0 bridgehead atoms. The molecular formula is C14H19N3O5. The number of aromatic nitrogens is 1. The summed E-state index contributed by atoms with van der Waals surface area (Å²) in [5.41, 5.74) is -0.714. The Morgan fingerprint density at radius 3 is 2.82 bits per heavy atom. The van der Waals surface area contributed by atoms with Crippen LogP contribution in [0.25, 0.3) is 0 Å². The lowest BCUT2D eigenvalue weighted by Crippen LogP contribution is -2.39. The van der Waals surface area contributed by atoms with E-state index in [1.54, 1.807) is 0 Å². The summed E-state index contributed by atoms with van der Waals surface area (Å²) in [6.07, 6.45) is 4.27. The highest BCUT2D eigenvalue weighted by atomic mass is 16.6. The molecule has 8 heteroatoms. The monoisotopic (exact) mass is 309 g/mol. The smallest absolute Gasteiger partial charge is 0.285 e. The van der Waals surface area contributed by atoms with Crippen LogP contribution in [0, 0.1) is 16.0 Å². The Morgan fingerprint density at radius 2 is 2.14 bits per heavy atom. The third-order valence-electron chi connectivity index (χ3n) is 3.92. The summed E-state index contributed by atoms with van der Waals surface area (Å²) in [6.45, 7) is 0.0764. The van der Waals surface area contributed by atoms with Gasteiger partial charge in [0.1, 0.15) is 6.54 Å². The van der Waals surface area contributed by atoms with Gasteiger partial charge in [0.15, 0.2) is 0 Å². The van der Waals surface area contributed by atoms with Gasteiger partial charge in [-0.05, 0) is 12.8 Å². The summed E-state index contributed by atoms with van der Waals surface area (Å²) < 4.78 is 1.00. The van der Waals surface area contributed by atoms with Crippen molar-refractivity contribution in [3.05, 3.63) is 38.8 Å². The second-order valence-electron chi connectivity index (χ2n) is 5.53. The van der Waals surface area contributed by atoms with Crippen LogP contribution in [0.1, 0.15) is 25.7 Å². The number of hydrogen-bond donors (Lipinski definition) is 2. The lowest BCUT2D eigenvalue weighted by Gasteiger charge is -2.27. The average Bonchev–Trinajstić information content (AvgIpc) is 2.48. The lowest BCUT2D eigenvalue weighted by molar-refractivity contribution is -0.385. The first-order valence-corrected chi connectivity index (χ1v) is 7.27. The molecule has 2 atom stereocenters. The summed E-state index contributed by atoms with van der Waals surface area (Å²) in [7, 11) is 0. The van der Waals surface area contributed by atoms with E-state index in [9.17, 15) is 24.8 Å². The first-order chi connectivity index (χ1) is 10.5. The van der Waals surface area contributed by atoms with E-state index in [2.05, 4.69) is 5.32 Å². The fourth-order valence-electron chi connectivity index (χ4n) is 2.63. The highest BCUT2D eigenvalue weighted by Crippen LogP contribution is 2.23. The molecule has 2 rings (SSSR count). The second-order valence-corrected chi connectivity index (χ2v) is 5.53. The molecule has 0 saturated heterocycles. The molecule has 0 spiro atoms. The van der Waals surface area contributed by atoms with Crippen molar-refractivity contribution in [3.63, 3.8) is 0 Å². The molecule has 1 amide bonds. The summed E-state index contributed by atoms with van der Waals surface area (Å²) in [6, 6.07) is 2.17. The Labute approximate surface area is 126 Å². The molecule has 1 fully saturated rings. The van der Waals surface area contributed by atoms with E-state index in [1.165, 1.54) is 0 Å². The van der Waals surface area contributed by atoms with Gasteiger partial charge in [0, 0.05) is 24.6 Å². The molecule has 120 valence electrons. The van der Waals surface area contributed by atoms with Gasteiger partial charge in [-0.15, -0.1) is 0 Å². The highest BCUT2D eigenvalue weighted by molar-refractivity contribution is 5.75. The largest absolute Gasteiger partial charge is 0.393 e. The summed E-state index contributed by atoms with van der Waals surface area (Å²) in [5, 5.41) is 23.2. The van der Waals surface area contributed by atoms with Crippen molar-refractivity contribution in [1.82, 2.24) is 9.88 Å². The average molecular weight is 309 g/mol. The molecule has 1 heterocycles. The van der Waals surface area contributed by atoms with Crippen molar-refractivity contribution in [2.75, 3.05) is 6.54 Å². The van der Waals surface area contributed by atoms with E-state index in [-0.39, 0.29) is 18.2 Å². The van der Waals surface area contributed by atoms with Crippen molar-refractivity contribution in [1.29, 1.82) is 0 Å². The van der Waals surface area contributed by atoms with E-state index in [1.807, 2.05) is 0 Å². The predicted molar refractivity (Wildman–Crippen MR) is 78.3 cm³/mol. The molecule has 0 aromatic carbocycles. The molecular weight excluding hydrogens is 290 g/mol. The molecule has 1 saturated carbocycles. The summed E-state index contributed by atoms with van der Waals surface area (Å²) in [5.74, 6) is -0.375. The fraction of sp³-hybridized carbons (Fsp3) is 0.571. The van der Waals surface area contributed by atoms with E-state index in [0.29, 0.717) is 6.54 Å². The zero-order chi connectivity index (χ0) is 16.1. The van der Waals surface area contributed by atoms with Crippen molar-refractivity contribution >= 4 is 11.6 Å². The summed E-state index contributed by atoms with van der Waals surface area (Å²) >= 11 is 0. The molecule has 22 heavy (non-hydrogen) atoms. The number of amides is 1. The number of aliphatic hydroxyl groups excluding tert-OH is 1. The maximum absolute atomic E-state index is 11.9. The van der Waals surface area contributed by atoms with E-state index in [4.69, 9.17) is 0 Å². The van der Waals surface area contributed by atoms with E-state index < -0.39 is 22.5 Å². The van der Waals surface area contributed by atoms with Crippen molar-refractivity contribution in [2.45, 2.75) is 38.3 Å². The van der Waals surface area contributed by atoms with Crippen LogP contribution in [-0.2, 0) is 11.3 Å². The van der Waals surface area contributed by atoms with Crippen molar-refractivity contribution in [2.24, 2.45) is 5.92 Å². The van der Waals surface area contributed by atoms with Crippen LogP contribution < -0.4 is 10.9 Å². The maximum atomic E-state index is 11.9. The Kier molecular flexibility index (Phi) is 5.26. The van der Waals surface area contributed by atoms with Gasteiger partial charge in [-0.25, -0.2) is 0 Å². The second kappa shape index (κ2) is 7.17. The minimum absolute atomic E-state index is 0.0273. The first-order valence-electron chi connectivity index (χ1n) is 7.27. The van der Waals surface area contributed by atoms with Crippen LogP contribution in [0.3, 0.4) is 0 Å². The summed E-state index contributed by atoms with van der Waals surface area (Å²) in [4.78, 5) is 33.5. The SMILES string of the molecule is O=C(Cn1cc([N+](=O)[O-])ccc1=O)NC[C@H]1CCCC[C@H]1O. The number of nitrogens with one attached hydrogen (secondary N) is 1. The van der Waals surface area contributed by atoms with Crippen LogP contribution in [0.4, 0.5) is 5.69 Å². The van der Waals surface area contributed by atoms with Gasteiger partial charge in [0.2, 0.25) is 5.91 Å². The third-order valence-corrected chi connectivity index (χ3v) is 3.92. The van der Waals surface area contributed by atoms with Crippen LogP contribution in [0.5, 0.6) is 0 Å². The normalized spacial score (nSPS) is 21.3. The van der Waals surface area contributed by atoms with Crippen molar-refractivity contribution in [3.8, 4) is 0 Å². The number of rotatable bonds is 5. The van der Waals surface area contributed by atoms with E-state index in [0.717, 1.165) is 48.6 Å². The number of pyridine rings is 1. The van der Waals surface area contributed by atoms with Gasteiger partial charge in [-0.1, -0.05) is 12.8 Å². The molecule has 1 aliphatic rings. The van der Waals surface area contributed by atoms with E-state index >= 15 is 0 Å². The topological polar surface area (TPSA) is 114 Å². The predicted octanol–water partition coefficient (Wildman–Crippen LogP) is 0.424. The Balaban J connectivity index is 1.93. The third kappa shape index (κ3) is 4.14. The highest BCUT2D eigenvalue weighted by Gasteiger charge is 2.23. The van der Waals surface area contributed by atoms with Gasteiger partial charge in [-0.3, -0.25) is 24.3 Å². The Hall–Kier alpha value is -2.22. The molecule has 8 nitrogen and oxygen atoms in total.